The SMILES string of the molecule is C.C.C=CC(=O)N1CCN(c2nnc(Cc3ccccc3)c3cc(-c4c(O)cccc4F)c(Cl)cc23)CC1.C=CC(=O)N1CCN(c2nnc(Cc3ccccc3)c3cc(Cl)c(-c4c(O)cccc4F)cc23)CC1.C=CC(=O)N1CCN(c2nnc(Cc3ccccc3)c3cc(Cl)c(Cl)cc23)CC1.O[B]Oc1c(O)cccc1F. The predicted octanol–water partition coefficient (Wildman–Crippen LogP) is 16.5. The molecule has 3 aliphatic rings. The van der Waals surface area contributed by atoms with Gasteiger partial charge in [-0.3, -0.25) is 14.4 Å². The minimum atomic E-state index is -0.727. The van der Waals surface area contributed by atoms with Crippen molar-refractivity contribution in [1.29, 1.82) is 0 Å². The van der Waals surface area contributed by atoms with E-state index in [0.717, 1.165) is 72.3 Å². The van der Waals surface area contributed by atoms with Crippen LogP contribution in [0.5, 0.6) is 23.0 Å². The molecule has 0 unspecified atom stereocenters. The fourth-order valence-corrected chi connectivity index (χ4v) is 14.3. The minimum Gasteiger partial charge on any atom is -0.533 e. The van der Waals surface area contributed by atoms with Gasteiger partial charge in [0.15, 0.2) is 34.8 Å². The molecule has 0 spiro atoms. The molecular formula is C86H81BCl4F3N12O8. The van der Waals surface area contributed by atoms with Crippen molar-refractivity contribution in [3.8, 4) is 45.3 Å². The van der Waals surface area contributed by atoms with Crippen LogP contribution in [-0.2, 0) is 33.6 Å². The van der Waals surface area contributed by atoms with Crippen LogP contribution in [0.4, 0.5) is 30.6 Å². The van der Waals surface area contributed by atoms with Crippen molar-refractivity contribution in [2.75, 3.05) is 93.2 Å². The van der Waals surface area contributed by atoms with Gasteiger partial charge in [-0.25, -0.2) is 13.2 Å². The standard InChI is InChI=1S/2C28H24ClFN4O2.C22H20Cl2N4O.C6H5BFO3.2CH4/c1-2-26(36)33-11-13-34(14-12-33)28-20-16-21(27-23(30)9-6-10-25(27)35)22(29)17-19(20)24(31-32-28)15-18-7-4-3-5-8-18;1-2-26(36)33-11-13-34(14-12-33)28-20-17-22(29)21(27-23(30)9-6-10-25(27)35)16-19(20)24(31-32-28)15-18-7-4-3-5-8-18;1-2-21(29)27-8-10-28(11-9-27)22-17-14-19(24)18(23)13-16(17)20(25-26-22)12-15-6-4-3-5-7-15;8-4-2-1-3-5(9)6(4)11-7-10;;/h2*2-10,16-17,35H,1,11-15H2;2-7,13-14H,1,8-12H2;1-3,9-10H;2*1H4. The van der Waals surface area contributed by atoms with Crippen molar-refractivity contribution in [2.24, 2.45) is 0 Å². The van der Waals surface area contributed by atoms with E-state index in [1.165, 1.54) is 66.8 Å². The van der Waals surface area contributed by atoms with E-state index >= 15 is 0 Å². The van der Waals surface area contributed by atoms with Gasteiger partial charge in [-0.1, -0.05) is 190 Å². The maximum atomic E-state index is 14.8. The molecule has 3 fully saturated rings. The van der Waals surface area contributed by atoms with Crippen LogP contribution in [0.1, 0.15) is 48.6 Å². The fourth-order valence-electron chi connectivity index (χ4n) is 13.5. The number of carbonyl (C=O) groups is 3. The van der Waals surface area contributed by atoms with Gasteiger partial charge in [-0.15, -0.1) is 15.3 Å². The van der Waals surface area contributed by atoms with Gasteiger partial charge < -0.3 is 54.4 Å². The molecule has 0 bridgehead atoms. The maximum Gasteiger partial charge on any atom is 0.569 e. The summed E-state index contributed by atoms with van der Waals surface area (Å²) in [6.07, 6.45) is 5.72. The Balaban J connectivity index is 0.000000169. The monoisotopic (exact) mass is 1620 g/mol. The third-order valence-electron chi connectivity index (χ3n) is 19.2. The molecule has 15 rings (SSSR count). The van der Waals surface area contributed by atoms with E-state index in [-0.39, 0.29) is 66.7 Å². The Labute approximate surface area is 679 Å². The van der Waals surface area contributed by atoms with Crippen LogP contribution < -0.4 is 19.4 Å². The number of halogens is 7. The number of aromatic hydroxyl groups is 3. The number of phenolic OH excluding ortho intramolecular Hbond substituents is 3. The fraction of sp³-hybridized carbons (Fsp3) is 0.198. The molecule has 585 valence electrons. The Hall–Kier alpha value is -11.8. The number of nitrogens with zero attached hydrogens (tertiary/aromatic N) is 12. The van der Waals surface area contributed by atoms with Gasteiger partial charge in [-0.2, -0.15) is 15.3 Å². The summed E-state index contributed by atoms with van der Waals surface area (Å²) in [4.78, 5) is 47.4. The van der Waals surface area contributed by atoms with Crippen molar-refractivity contribution in [2.45, 2.75) is 34.1 Å². The molecule has 28 heteroatoms. The topological polar surface area (TPSA) is 238 Å². The zero-order valence-electron chi connectivity index (χ0n) is 60.3. The molecule has 12 aromatic rings. The first-order valence-corrected chi connectivity index (χ1v) is 37.0. The summed E-state index contributed by atoms with van der Waals surface area (Å²) in [7, 11) is 0.304. The van der Waals surface area contributed by atoms with Crippen LogP contribution in [0, 0.1) is 17.5 Å². The number of hydrogen-bond donors (Lipinski definition) is 4. The smallest absolute Gasteiger partial charge is 0.533 e. The van der Waals surface area contributed by atoms with Gasteiger partial charge in [0.2, 0.25) is 17.7 Å². The van der Waals surface area contributed by atoms with Gasteiger partial charge in [0, 0.05) is 151 Å². The molecule has 1 radical (unpaired) electrons. The molecule has 3 aromatic heterocycles. The number of fused-ring (bicyclic) bond motifs is 3. The van der Waals surface area contributed by atoms with Crippen LogP contribution in [0.3, 0.4) is 0 Å². The maximum absolute atomic E-state index is 14.8. The lowest BCUT2D eigenvalue weighted by atomic mass is 9.97. The number of rotatable bonds is 16. The first-order chi connectivity index (χ1) is 54.2. The molecule has 20 nitrogen and oxygen atoms in total. The Morgan fingerprint density at radius 3 is 1.00 bits per heavy atom. The number of amides is 3. The highest BCUT2D eigenvalue weighted by Gasteiger charge is 2.29. The normalized spacial score (nSPS) is 13.2. The number of piperazine rings is 3. The summed E-state index contributed by atoms with van der Waals surface area (Å²) in [5, 5.41) is 71.8. The number of benzene rings is 9. The summed E-state index contributed by atoms with van der Waals surface area (Å²) in [5.41, 5.74) is 6.44. The number of anilines is 3. The largest absolute Gasteiger partial charge is 0.569 e. The molecule has 0 aliphatic carbocycles. The number of aromatic nitrogens is 6. The van der Waals surface area contributed by atoms with E-state index in [4.69, 9.17) is 56.5 Å². The molecule has 0 saturated carbocycles. The number of carbonyl (C=O) groups excluding carboxylic acids is 3. The first kappa shape index (κ1) is 84.7. The van der Waals surface area contributed by atoms with E-state index < -0.39 is 17.5 Å². The summed E-state index contributed by atoms with van der Waals surface area (Å²) in [6.45, 7) is 17.7. The zero-order valence-corrected chi connectivity index (χ0v) is 63.3. The quantitative estimate of drug-likeness (QED) is 0.0519. The second-order valence-electron chi connectivity index (χ2n) is 26.1. The van der Waals surface area contributed by atoms with Crippen LogP contribution >= 0.6 is 46.4 Å². The van der Waals surface area contributed by atoms with Crippen LogP contribution in [-0.4, -0.2) is 170 Å². The second-order valence-corrected chi connectivity index (χ2v) is 27.7. The summed E-state index contributed by atoms with van der Waals surface area (Å²) < 4.78 is 46.5. The summed E-state index contributed by atoms with van der Waals surface area (Å²) in [5.74, 6) is -1.18. The molecule has 3 saturated heterocycles. The Morgan fingerprint density at radius 1 is 0.386 bits per heavy atom. The van der Waals surface area contributed by atoms with E-state index in [9.17, 15) is 37.8 Å². The van der Waals surface area contributed by atoms with E-state index in [2.05, 4.69) is 81.8 Å². The highest BCUT2D eigenvalue weighted by atomic mass is 35.5. The number of phenols is 3. The minimum absolute atomic E-state index is 0. The van der Waals surface area contributed by atoms with Gasteiger partial charge in [0.05, 0.1) is 38.3 Å². The zero-order chi connectivity index (χ0) is 79.1. The van der Waals surface area contributed by atoms with Crippen molar-refractivity contribution in [1.82, 2.24) is 45.3 Å². The van der Waals surface area contributed by atoms with Gasteiger partial charge in [0.25, 0.3) is 0 Å². The summed E-state index contributed by atoms with van der Waals surface area (Å²) >= 11 is 26.0. The highest BCUT2D eigenvalue weighted by Crippen LogP contribution is 2.44. The van der Waals surface area contributed by atoms with Gasteiger partial charge in [0.1, 0.15) is 23.1 Å². The molecule has 6 heterocycles. The lowest BCUT2D eigenvalue weighted by Gasteiger charge is -2.35. The molecule has 3 aliphatic heterocycles. The third-order valence-corrected chi connectivity index (χ3v) is 20.6. The van der Waals surface area contributed by atoms with Crippen LogP contribution in [0.15, 0.2) is 220 Å². The average Bonchev–Trinajstić information content (AvgIpc) is 0.764. The predicted molar refractivity (Wildman–Crippen MR) is 448 cm³/mol. The number of para-hydroxylation sites is 1. The summed E-state index contributed by atoms with van der Waals surface area (Å²) in [6, 6.07) is 52.8. The lowest BCUT2D eigenvalue weighted by molar-refractivity contribution is -0.127. The van der Waals surface area contributed by atoms with E-state index in [0.29, 0.717) is 154 Å². The molecule has 3 amide bonds. The van der Waals surface area contributed by atoms with Crippen LogP contribution in [0.2, 0.25) is 20.1 Å². The molecule has 4 N–H and O–H groups in total. The Bertz CT molecular complexity index is 5420. The Kier molecular flexibility index (Phi) is 29.0. The van der Waals surface area contributed by atoms with Crippen LogP contribution in [0.25, 0.3) is 54.6 Å². The molecular weight excluding hydrogens is 1540 g/mol. The van der Waals surface area contributed by atoms with Crippen molar-refractivity contribution >= 4 is 122 Å². The van der Waals surface area contributed by atoms with Crippen molar-refractivity contribution < 1.29 is 52.6 Å². The van der Waals surface area contributed by atoms with Crippen molar-refractivity contribution in [3.63, 3.8) is 0 Å². The first-order valence-electron chi connectivity index (χ1n) is 35.5. The van der Waals surface area contributed by atoms with E-state index in [1.807, 2.05) is 91.0 Å². The second kappa shape index (κ2) is 39.1. The van der Waals surface area contributed by atoms with E-state index in [1.54, 1.807) is 39.0 Å². The Morgan fingerprint density at radius 2 is 0.675 bits per heavy atom. The molecule has 114 heavy (non-hydrogen) atoms. The molecule has 9 aromatic carbocycles. The average molecular weight is 1620 g/mol. The highest BCUT2D eigenvalue weighted by molar-refractivity contribution is 6.43. The van der Waals surface area contributed by atoms with Crippen molar-refractivity contribution in [3.05, 3.63) is 291 Å². The number of hydrogen-bond acceptors (Lipinski definition) is 17. The third kappa shape index (κ3) is 19.6. The lowest BCUT2D eigenvalue weighted by Crippen LogP contribution is -2.48. The van der Waals surface area contributed by atoms with Gasteiger partial charge >= 0.3 is 7.69 Å². The molecule has 0 atom stereocenters. The van der Waals surface area contributed by atoms with Gasteiger partial charge in [-0.05, 0) is 108 Å².